The molecule has 0 fully saturated rings. The summed E-state index contributed by atoms with van der Waals surface area (Å²) in [7, 11) is 1.89. The Bertz CT molecular complexity index is 589. The van der Waals surface area contributed by atoms with Crippen LogP contribution in [0.2, 0.25) is 0 Å². The molecule has 0 atom stereocenters. The SMILES string of the molecule is Cn1nc(C(C)(C)NC(=O)CCl)c2ccccc21. The highest BCUT2D eigenvalue weighted by molar-refractivity contribution is 6.27. The van der Waals surface area contributed by atoms with Gasteiger partial charge in [-0.3, -0.25) is 9.48 Å². The van der Waals surface area contributed by atoms with Gasteiger partial charge in [-0.15, -0.1) is 11.6 Å². The Morgan fingerprint density at radius 3 is 2.78 bits per heavy atom. The number of alkyl halides is 1. The number of carbonyl (C=O) groups is 1. The molecule has 1 aromatic carbocycles. The van der Waals surface area contributed by atoms with E-state index in [-0.39, 0.29) is 11.8 Å². The number of rotatable bonds is 3. The van der Waals surface area contributed by atoms with Crippen LogP contribution in [0.1, 0.15) is 19.5 Å². The Morgan fingerprint density at radius 1 is 1.44 bits per heavy atom. The molecule has 0 saturated heterocycles. The van der Waals surface area contributed by atoms with Crippen molar-refractivity contribution in [1.82, 2.24) is 15.1 Å². The summed E-state index contributed by atoms with van der Waals surface area (Å²) < 4.78 is 1.82. The lowest BCUT2D eigenvalue weighted by Gasteiger charge is -2.24. The second-order valence-electron chi connectivity index (χ2n) is 4.80. The van der Waals surface area contributed by atoms with E-state index in [4.69, 9.17) is 11.6 Å². The zero-order valence-corrected chi connectivity index (χ0v) is 11.5. The van der Waals surface area contributed by atoms with Crippen LogP contribution in [-0.4, -0.2) is 21.6 Å². The number of amides is 1. The molecule has 0 aliphatic heterocycles. The van der Waals surface area contributed by atoms with Crippen molar-refractivity contribution < 1.29 is 4.79 Å². The zero-order valence-electron chi connectivity index (χ0n) is 10.7. The molecule has 5 heteroatoms. The molecule has 0 bridgehead atoms. The maximum atomic E-state index is 11.5. The first kappa shape index (κ1) is 12.9. The molecule has 1 aromatic heterocycles. The number of para-hydroxylation sites is 1. The Kier molecular flexibility index (Phi) is 3.30. The predicted molar refractivity (Wildman–Crippen MR) is 72.6 cm³/mol. The number of nitrogens with one attached hydrogen (secondary N) is 1. The smallest absolute Gasteiger partial charge is 0.235 e. The highest BCUT2D eigenvalue weighted by Crippen LogP contribution is 2.27. The van der Waals surface area contributed by atoms with Gasteiger partial charge in [-0.2, -0.15) is 5.10 Å². The van der Waals surface area contributed by atoms with E-state index in [1.54, 1.807) is 0 Å². The van der Waals surface area contributed by atoms with E-state index in [2.05, 4.69) is 10.4 Å². The average molecular weight is 266 g/mol. The van der Waals surface area contributed by atoms with Crippen molar-refractivity contribution in [3.05, 3.63) is 30.0 Å². The van der Waals surface area contributed by atoms with E-state index in [9.17, 15) is 4.79 Å². The third kappa shape index (κ3) is 2.20. The van der Waals surface area contributed by atoms with Crippen LogP contribution in [0.15, 0.2) is 24.3 Å². The second-order valence-corrected chi connectivity index (χ2v) is 5.06. The molecule has 1 N–H and O–H groups in total. The first-order valence-corrected chi connectivity index (χ1v) is 6.28. The van der Waals surface area contributed by atoms with Crippen molar-refractivity contribution in [2.45, 2.75) is 19.4 Å². The summed E-state index contributed by atoms with van der Waals surface area (Å²) in [6.07, 6.45) is 0. The zero-order chi connectivity index (χ0) is 13.3. The highest BCUT2D eigenvalue weighted by atomic mass is 35.5. The number of aryl methyl sites for hydroxylation is 1. The number of hydrogen-bond donors (Lipinski definition) is 1. The van der Waals surface area contributed by atoms with Gasteiger partial charge < -0.3 is 5.32 Å². The summed E-state index contributed by atoms with van der Waals surface area (Å²) in [4.78, 5) is 11.5. The molecule has 4 nitrogen and oxygen atoms in total. The van der Waals surface area contributed by atoms with Gasteiger partial charge in [0.05, 0.1) is 16.7 Å². The Balaban J connectivity index is 2.50. The van der Waals surface area contributed by atoms with Crippen molar-refractivity contribution >= 4 is 28.4 Å². The molecule has 18 heavy (non-hydrogen) atoms. The Labute approximate surface area is 111 Å². The van der Waals surface area contributed by atoms with Gasteiger partial charge in [-0.25, -0.2) is 0 Å². The number of halogens is 1. The second kappa shape index (κ2) is 4.61. The molecule has 0 saturated carbocycles. The summed E-state index contributed by atoms with van der Waals surface area (Å²) in [5, 5.41) is 8.43. The van der Waals surface area contributed by atoms with E-state index in [1.807, 2.05) is 49.8 Å². The average Bonchev–Trinajstić information content (AvgIpc) is 2.68. The minimum Gasteiger partial charge on any atom is -0.344 e. The van der Waals surface area contributed by atoms with Crippen LogP contribution in [-0.2, 0) is 17.4 Å². The molecule has 2 aromatic rings. The van der Waals surface area contributed by atoms with E-state index >= 15 is 0 Å². The molecule has 96 valence electrons. The van der Waals surface area contributed by atoms with Gasteiger partial charge in [-0.1, -0.05) is 18.2 Å². The van der Waals surface area contributed by atoms with Crippen LogP contribution in [0.3, 0.4) is 0 Å². The van der Waals surface area contributed by atoms with Gasteiger partial charge in [0.1, 0.15) is 5.88 Å². The van der Waals surface area contributed by atoms with E-state index in [0.29, 0.717) is 0 Å². The monoisotopic (exact) mass is 265 g/mol. The fraction of sp³-hybridized carbons (Fsp3) is 0.385. The Hall–Kier alpha value is -1.55. The van der Waals surface area contributed by atoms with E-state index in [0.717, 1.165) is 16.6 Å². The van der Waals surface area contributed by atoms with Crippen molar-refractivity contribution in [1.29, 1.82) is 0 Å². The molecule has 1 heterocycles. The third-order valence-electron chi connectivity index (χ3n) is 2.92. The summed E-state index contributed by atoms with van der Waals surface area (Å²) in [6.45, 7) is 3.85. The van der Waals surface area contributed by atoms with E-state index in [1.165, 1.54) is 0 Å². The fourth-order valence-electron chi connectivity index (χ4n) is 2.12. The van der Waals surface area contributed by atoms with Crippen LogP contribution in [0.25, 0.3) is 10.9 Å². The largest absolute Gasteiger partial charge is 0.344 e. The molecule has 0 radical (unpaired) electrons. The van der Waals surface area contributed by atoms with Crippen molar-refractivity contribution in [2.24, 2.45) is 7.05 Å². The predicted octanol–water partition coefficient (Wildman–Crippen LogP) is 2.16. The molecule has 0 unspecified atom stereocenters. The summed E-state index contributed by atoms with van der Waals surface area (Å²) >= 11 is 5.53. The molecular formula is C13H16ClN3O. The topological polar surface area (TPSA) is 46.9 Å². The van der Waals surface area contributed by atoms with Crippen molar-refractivity contribution in [3.8, 4) is 0 Å². The lowest BCUT2D eigenvalue weighted by atomic mass is 9.97. The van der Waals surface area contributed by atoms with Crippen LogP contribution in [0.4, 0.5) is 0 Å². The van der Waals surface area contributed by atoms with Gasteiger partial charge in [0, 0.05) is 12.4 Å². The molecule has 1 amide bonds. The maximum Gasteiger partial charge on any atom is 0.235 e. The van der Waals surface area contributed by atoms with Gasteiger partial charge in [0.15, 0.2) is 0 Å². The van der Waals surface area contributed by atoms with Gasteiger partial charge in [0.25, 0.3) is 0 Å². The minimum absolute atomic E-state index is 0.0474. The highest BCUT2D eigenvalue weighted by Gasteiger charge is 2.28. The Morgan fingerprint density at radius 2 is 2.11 bits per heavy atom. The first-order valence-electron chi connectivity index (χ1n) is 5.75. The summed E-state index contributed by atoms with van der Waals surface area (Å²) in [5.74, 6) is -0.245. The molecular weight excluding hydrogens is 250 g/mol. The quantitative estimate of drug-likeness (QED) is 0.865. The third-order valence-corrected chi connectivity index (χ3v) is 3.17. The van der Waals surface area contributed by atoms with Crippen molar-refractivity contribution in [2.75, 3.05) is 5.88 Å². The number of nitrogens with zero attached hydrogens (tertiary/aromatic N) is 2. The molecule has 2 rings (SSSR count). The van der Waals surface area contributed by atoms with Gasteiger partial charge >= 0.3 is 0 Å². The number of benzene rings is 1. The summed E-state index contributed by atoms with van der Waals surface area (Å²) in [5.41, 5.74) is 1.34. The number of fused-ring (bicyclic) bond motifs is 1. The fourth-order valence-corrected chi connectivity index (χ4v) is 2.18. The van der Waals surface area contributed by atoms with Crippen LogP contribution < -0.4 is 5.32 Å². The first-order chi connectivity index (χ1) is 8.45. The lowest BCUT2D eigenvalue weighted by molar-refractivity contribution is -0.120. The number of hydrogen-bond acceptors (Lipinski definition) is 2. The standard InChI is InChI=1S/C13H16ClN3O/c1-13(2,15-11(18)8-14)12-9-6-4-5-7-10(9)17(3)16-12/h4-7H,8H2,1-3H3,(H,15,18). The number of aromatic nitrogens is 2. The molecule has 0 aliphatic rings. The van der Waals surface area contributed by atoms with Crippen molar-refractivity contribution in [3.63, 3.8) is 0 Å². The van der Waals surface area contributed by atoms with Crippen LogP contribution in [0, 0.1) is 0 Å². The van der Waals surface area contributed by atoms with Crippen LogP contribution >= 0.6 is 11.6 Å². The van der Waals surface area contributed by atoms with Gasteiger partial charge in [0.2, 0.25) is 5.91 Å². The normalized spacial score (nSPS) is 11.8. The van der Waals surface area contributed by atoms with Crippen LogP contribution in [0.5, 0.6) is 0 Å². The number of carbonyl (C=O) groups excluding carboxylic acids is 1. The molecule has 0 spiro atoms. The lowest BCUT2D eigenvalue weighted by Crippen LogP contribution is -2.42. The maximum absolute atomic E-state index is 11.5. The molecule has 0 aliphatic carbocycles. The van der Waals surface area contributed by atoms with Gasteiger partial charge in [-0.05, 0) is 19.9 Å². The van der Waals surface area contributed by atoms with E-state index < -0.39 is 5.54 Å². The minimum atomic E-state index is -0.549. The summed E-state index contributed by atoms with van der Waals surface area (Å²) in [6, 6.07) is 7.95.